The number of nitrogens with two attached hydrogens (primary N) is 1. The van der Waals surface area contributed by atoms with Crippen LogP contribution in [0.25, 0.3) is 0 Å². The maximum absolute atomic E-state index is 12.0. The van der Waals surface area contributed by atoms with Crippen LogP contribution in [0.5, 0.6) is 0 Å². The van der Waals surface area contributed by atoms with Gasteiger partial charge in [-0.2, -0.15) is 0 Å². The van der Waals surface area contributed by atoms with Crippen molar-refractivity contribution in [3.05, 3.63) is 35.9 Å². The second-order valence-electron chi connectivity index (χ2n) is 4.79. The Kier molecular flexibility index (Phi) is 4.33. The molecule has 0 radical (unpaired) electrons. The highest BCUT2D eigenvalue weighted by molar-refractivity contribution is 5.76. The van der Waals surface area contributed by atoms with Gasteiger partial charge in [0.1, 0.15) is 6.10 Å². The van der Waals surface area contributed by atoms with Crippen LogP contribution in [0.15, 0.2) is 30.3 Å². The molecule has 2 rings (SSSR count). The van der Waals surface area contributed by atoms with Crippen molar-refractivity contribution in [2.24, 2.45) is 5.73 Å². The molecule has 1 fully saturated rings. The lowest BCUT2D eigenvalue weighted by Gasteiger charge is -2.33. The highest BCUT2D eigenvalue weighted by atomic mass is 16.5. The number of rotatable bonds is 3. The number of hydrogen-bond donors (Lipinski definition) is 1. The molecule has 0 aromatic heterocycles. The average molecular weight is 248 g/mol. The summed E-state index contributed by atoms with van der Waals surface area (Å²) in [5.74, 6) is 0.120. The Labute approximate surface area is 108 Å². The van der Waals surface area contributed by atoms with Crippen molar-refractivity contribution in [2.45, 2.75) is 25.5 Å². The molecule has 2 N–H and O–H groups in total. The van der Waals surface area contributed by atoms with Gasteiger partial charge in [0, 0.05) is 19.0 Å². The number of morpholine rings is 1. The fourth-order valence-electron chi connectivity index (χ4n) is 2.15. The molecule has 18 heavy (non-hydrogen) atoms. The second-order valence-corrected chi connectivity index (χ2v) is 4.79. The quantitative estimate of drug-likeness (QED) is 0.878. The first-order chi connectivity index (χ1) is 8.66. The monoisotopic (exact) mass is 248 g/mol. The maximum atomic E-state index is 12.0. The Balaban J connectivity index is 1.98. The van der Waals surface area contributed by atoms with Gasteiger partial charge in [-0.15, -0.1) is 0 Å². The number of hydrogen-bond acceptors (Lipinski definition) is 3. The molecule has 4 heteroatoms. The molecule has 4 nitrogen and oxygen atoms in total. The minimum absolute atomic E-state index is 0.0167. The first-order valence-corrected chi connectivity index (χ1v) is 6.36. The van der Waals surface area contributed by atoms with Crippen LogP contribution < -0.4 is 5.73 Å². The average Bonchev–Trinajstić information content (AvgIpc) is 2.39. The first-order valence-electron chi connectivity index (χ1n) is 6.36. The van der Waals surface area contributed by atoms with Crippen molar-refractivity contribution in [1.29, 1.82) is 0 Å². The summed E-state index contributed by atoms with van der Waals surface area (Å²) in [7, 11) is 0. The predicted molar refractivity (Wildman–Crippen MR) is 70.0 cm³/mol. The minimum atomic E-state index is -0.0875. The van der Waals surface area contributed by atoms with Crippen molar-refractivity contribution in [3.63, 3.8) is 0 Å². The zero-order valence-electron chi connectivity index (χ0n) is 10.7. The summed E-state index contributed by atoms with van der Waals surface area (Å²) in [6, 6.07) is 9.93. The van der Waals surface area contributed by atoms with Gasteiger partial charge in [0.2, 0.25) is 5.91 Å². The van der Waals surface area contributed by atoms with Gasteiger partial charge >= 0.3 is 0 Å². The van der Waals surface area contributed by atoms with E-state index in [0.29, 0.717) is 26.1 Å². The Bertz CT molecular complexity index is 392. The van der Waals surface area contributed by atoms with E-state index in [-0.39, 0.29) is 18.1 Å². The third-order valence-electron chi connectivity index (χ3n) is 3.09. The summed E-state index contributed by atoms with van der Waals surface area (Å²) in [4.78, 5) is 13.8. The Morgan fingerprint density at radius 1 is 1.50 bits per heavy atom. The van der Waals surface area contributed by atoms with Gasteiger partial charge in [-0.1, -0.05) is 30.3 Å². The van der Waals surface area contributed by atoms with Gasteiger partial charge in [0.25, 0.3) is 0 Å². The fourth-order valence-corrected chi connectivity index (χ4v) is 2.15. The van der Waals surface area contributed by atoms with Crippen LogP contribution in [0.2, 0.25) is 0 Å². The molecule has 0 spiro atoms. The molecular formula is C14H20N2O2. The fraction of sp³-hybridized carbons (Fsp3) is 0.500. The predicted octanol–water partition coefficient (Wildman–Crippen LogP) is 1.32. The smallest absolute Gasteiger partial charge is 0.224 e. The molecular weight excluding hydrogens is 228 g/mol. The van der Waals surface area contributed by atoms with Crippen LogP contribution in [0.1, 0.15) is 25.0 Å². The summed E-state index contributed by atoms with van der Waals surface area (Å²) in [6.07, 6.45) is 0.388. The summed E-state index contributed by atoms with van der Waals surface area (Å²) < 4.78 is 5.72. The van der Waals surface area contributed by atoms with Gasteiger partial charge in [0.15, 0.2) is 0 Å². The number of carbonyl (C=O) groups is 1. The number of amides is 1. The van der Waals surface area contributed by atoms with E-state index in [9.17, 15) is 4.79 Å². The Morgan fingerprint density at radius 2 is 2.22 bits per heavy atom. The summed E-state index contributed by atoms with van der Waals surface area (Å²) in [5.41, 5.74) is 6.79. The van der Waals surface area contributed by atoms with Crippen LogP contribution >= 0.6 is 0 Å². The molecule has 2 unspecified atom stereocenters. The lowest BCUT2D eigenvalue weighted by Crippen LogP contribution is -2.43. The molecule has 1 aromatic rings. The minimum Gasteiger partial charge on any atom is -0.370 e. The molecule has 0 bridgehead atoms. The summed E-state index contributed by atoms with van der Waals surface area (Å²) in [6.45, 7) is 3.72. The van der Waals surface area contributed by atoms with Crippen LogP contribution in [-0.2, 0) is 9.53 Å². The van der Waals surface area contributed by atoms with Crippen LogP contribution in [0.4, 0.5) is 0 Å². The number of nitrogens with zero attached hydrogens (tertiary/aromatic N) is 1. The van der Waals surface area contributed by atoms with Crippen molar-refractivity contribution in [2.75, 3.05) is 19.7 Å². The topological polar surface area (TPSA) is 55.6 Å². The lowest BCUT2D eigenvalue weighted by atomic mass is 10.1. The van der Waals surface area contributed by atoms with E-state index < -0.39 is 0 Å². The molecule has 98 valence electrons. The molecule has 0 aliphatic carbocycles. The second kappa shape index (κ2) is 5.98. The van der Waals surface area contributed by atoms with E-state index >= 15 is 0 Å². The van der Waals surface area contributed by atoms with E-state index in [1.54, 1.807) is 0 Å². The zero-order chi connectivity index (χ0) is 13.0. The van der Waals surface area contributed by atoms with Gasteiger partial charge in [-0.05, 0) is 12.5 Å². The molecule has 1 aliphatic rings. The van der Waals surface area contributed by atoms with Crippen molar-refractivity contribution in [3.8, 4) is 0 Å². The molecule has 1 aliphatic heterocycles. The standard InChI is InChI=1S/C14H20N2O2/c1-11(15)9-14(17)16-7-8-18-13(10-16)12-5-3-2-4-6-12/h2-6,11,13H,7-10,15H2,1H3. The zero-order valence-corrected chi connectivity index (χ0v) is 10.7. The van der Waals surface area contributed by atoms with Crippen LogP contribution in [0.3, 0.4) is 0 Å². The van der Waals surface area contributed by atoms with Crippen LogP contribution in [-0.4, -0.2) is 36.5 Å². The molecule has 1 heterocycles. The highest BCUT2D eigenvalue weighted by Crippen LogP contribution is 2.22. The molecule has 1 aromatic carbocycles. The summed E-state index contributed by atoms with van der Waals surface area (Å²) >= 11 is 0. The van der Waals surface area contributed by atoms with E-state index in [1.807, 2.05) is 42.2 Å². The number of benzene rings is 1. The van der Waals surface area contributed by atoms with Gasteiger partial charge in [-0.3, -0.25) is 4.79 Å². The maximum Gasteiger partial charge on any atom is 0.224 e. The lowest BCUT2D eigenvalue weighted by molar-refractivity contribution is -0.139. The Morgan fingerprint density at radius 3 is 2.89 bits per heavy atom. The number of ether oxygens (including phenoxy) is 1. The highest BCUT2D eigenvalue weighted by Gasteiger charge is 2.25. The number of carbonyl (C=O) groups excluding carboxylic acids is 1. The molecule has 1 saturated heterocycles. The van der Waals surface area contributed by atoms with Gasteiger partial charge in [0.05, 0.1) is 13.2 Å². The van der Waals surface area contributed by atoms with Gasteiger partial charge in [-0.25, -0.2) is 0 Å². The van der Waals surface area contributed by atoms with Crippen molar-refractivity contribution >= 4 is 5.91 Å². The van der Waals surface area contributed by atoms with E-state index in [2.05, 4.69) is 0 Å². The van der Waals surface area contributed by atoms with Crippen molar-refractivity contribution in [1.82, 2.24) is 4.90 Å². The van der Waals surface area contributed by atoms with Gasteiger partial charge < -0.3 is 15.4 Å². The van der Waals surface area contributed by atoms with E-state index in [0.717, 1.165) is 5.56 Å². The largest absolute Gasteiger partial charge is 0.370 e. The third kappa shape index (κ3) is 3.31. The van der Waals surface area contributed by atoms with E-state index in [4.69, 9.17) is 10.5 Å². The SMILES string of the molecule is CC(N)CC(=O)N1CCOC(c2ccccc2)C1. The first kappa shape index (κ1) is 13.1. The van der Waals surface area contributed by atoms with E-state index in [1.165, 1.54) is 0 Å². The Hall–Kier alpha value is -1.39. The normalized spacial score (nSPS) is 21.7. The summed E-state index contributed by atoms with van der Waals surface area (Å²) in [5, 5.41) is 0. The van der Waals surface area contributed by atoms with Crippen LogP contribution in [0, 0.1) is 0 Å². The third-order valence-corrected chi connectivity index (χ3v) is 3.09. The van der Waals surface area contributed by atoms with Crippen molar-refractivity contribution < 1.29 is 9.53 Å². The molecule has 2 atom stereocenters. The molecule has 0 saturated carbocycles. The molecule has 1 amide bonds.